The van der Waals surface area contributed by atoms with Crippen molar-refractivity contribution < 1.29 is 14.7 Å². The third-order valence-corrected chi connectivity index (χ3v) is 3.10. The lowest BCUT2D eigenvalue weighted by atomic mass is 10.1. The summed E-state index contributed by atoms with van der Waals surface area (Å²) in [5.41, 5.74) is 2.83. The molecule has 0 saturated heterocycles. The van der Waals surface area contributed by atoms with Crippen LogP contribution < -0.4 is 4.90 Å². The number of rotatable bonds is 2. The number of nitrogens with zero attached hydrogens (tertiary/aromatic N) is 1. The van der Waals surface area contributed by atoms with Crippen LogP contribution in [0.15, 0.2) is 48.5 Å². The Morgan fingerprint density at radius 2 is 1.25 bits per heavy atom. The van der Waals surface area contributed by atoms with Crippen molar-refractivity contribution in [3.63, 3.8) is 0 Å². The molecule has 2 rings (SSSR count). The SMILES string of the molecule is Cc1ccccc1N(C(=O)C(=O)O)c1ccccc1C. The summed E-state index contributed by atoms with van der Waals surface area (Å²) in [5, 5.41) is 9.07. The van der Waals surface area contributed by atoms with Gasteiger partial charge in [0.1, 0.15) is 0 Å². The van der Waals surface area contributed by atoms with Gasteiger partial charge < -0.3 is 5.11 Å². The summed E-state index contributed by atoms with van der Waals surface area (Å²) in [6.45, 7) is 3.69. The summed E-state index contributed by atoms with van der Waals surface area (Å²) >= 11 is 0. The molecule has 0 spiro atoms. The van der Waals surface area contributed by atoms with Gasteiger partial charge in [0.05, 0.1) is 11.4 Å². The second-order valence-corrected chi connectivity index (χ2v) is 4.52. The zero-order valence-electron chi connectivity index (χ0n) is 11.3. The summed E-state index contributed by atoms with van der Waals surface area (Å²) in [7, 11) is 0. The van der Waals surface area contributed by atoms with E-state index in [2.05, 4.69) is 0 Å². The molecule has 4 heteroatoms. The lowest BCUT2D eigenvalue weighted by Crippen LogP contribution is -2.33. The lowest BCUT2D eigenvalue weighted by molar-refractivity contribution is -0.148. The minimum Gasteiger partial charge on any atom is -0.474 e. The first-order valence-electron chi connectivity index (χ1n) is 6.21. The van der Waals surface area contributed by atoms with Crippen molar-refractivity contribution >= 4 is 23.3 Å². The molecule has 0 aliphatic carbocycles. The number of hydrogen-bond acceptors (Lipinski definition) is 2. The first kappa shape index (κ1) is 13.8. The summed E-state index contributed by atoms with van der Waals surface area (Å²) in [5.74, 6) is -2.44. The predicted octanol–water partition coefficient (Wildman–Crippen LogP) is 3.05. The zero-order valence-corrected chi connectivity index (χ0v) is 11.3. The third-order valence-electron chi connectivity index (χ3n) is 3.10. The second kappa shape index (κ2) is 5.57. The van der Waals surface area contributed by atoms with Gasteiger partial charge in [-0.25, -0.2) is 4.79 Å². The van der Waals surface area contributed by atoms with E-state index < -0.39 is 11.9 Å². The Bertz CT molecular complexity index is 619. The number of hydrogen-bond donors (Lipinski definition) is 1. The average molecular weight is 269 g/mol. The van der Waals surface area contributed by atoms with E-state index in [0.717, 1.165) is 11.1 Å². The van der Waals surface area contributed by atoms with Gasteiger partial charge in [0.25, 0.3) is 0 Å². The van der Waals surface area contributed by atoms with Gasteiger partial charge in [0.2, 0.25) is 0 Å². The van der Waals surface area contributed by atoms with Crippen LogP contribution in [0.4, 0.5) is 11.4 Å². The molecule has 0 aromatic heterocycles. The van der Waals surface area contributed by atoms with Crippen molar-refractivity contribution in [3.05, 3.63) is 59.7 Å². The maximum Gasteiger partial charge on any atom is 0.395 e. The minimum absolute atomic E-state index is 0.578. The fraction of sp³-hybridized carbons (Fsp3) is 0.125. The largest absolute Gasteiger partial charge is 0.474 e. The average Bonchev–Trinajstić information content (AvgIpc) is 2.43. The Balaban J connectivity index is 2.63. The van der Waals surface area contributed by atoms with E-state index in [9.17, 15) is 9.59 Å². The maximum absolute atomic E-state index is 12.1. The summed E-state index contributed by atoms with van der Waals surface area (Å²) in [6, 6.07) is 14.4. The number of para-hydroxylation sites is 2. The molecule has 20 heavy (non-hydrogen) atoms. The standard InChI is InChI=1S/C16H15NO3/c1-11-7-3-5-9-13(11)17(15(18)16(19)20)14-10-6-4-8-12(14)2/h3-10H,1-2H3,(H,19,20). The van der Waals surface area contributed by atoms with Crippen molar-refractivity contribution in [2.24, 2.45) is 0 Å². The number of benzene rings is 2. The van der Waals surface area contributed by atoms with Crippen LogP contribution in [0.25, 0.3) is 0 Å². The van der Waals surface area contributed by atoms with Gasteiger partial charge in [-0.2, -0.15) is 0 Å². The Labute approximate surface area is 117 Å². The molecule has 4 nitrogen and oxygen atoms in total. The fourth-order valence-corrected chi connectivity index (χ4v) is 2.07. The van der Waals surface area contributed by atoms with Crippen LogP contribution in [-0.4, -0.2) is 17.0 Å². The number of carbonyl (C=O) groups is 2. The van der Waals surface area contributed by atoms with E-state index in [4.69, 9.17) is 5.11 Å². The highest BCUT2D eigenvalue weighted by Crippen LogP contribution is 2.30. The van der Waals surface area contributed by atoms with Crippen molar-refractivity contribution in [1.29, 1.82) is 0 Å². The molecule has 2 aromatic carbocycles. The van der Waals surface area contributed by atoms with Crippen LogP contribution in [0, 0.1) is 13.8 Å². The molecule has 1 amide bonds. The number of aliphatic carboxylic acids is 1. The van der Waals surface area contributed by atoms with E-state index in [-0.39, 0.29) is 0 Å². The molecule has 0 aliphatic heterocycles. The molecule has 0 heterocycles. The number of anilines is 2. The number of carbonyl (C=O) groups excluding carboxylic acids is 1. The van der Waals surface area contributed by atoms with Gasteiger partial charge >= 0.3 is 11.9 Å². The summed E-state index contributed by atoms with van der Waals surface area (Å²) < 4.78 is 0. The van der Waals surface area contributed by atoms with Crippen LogP contribution in [-0.2, 0) is 9.59 Å². The number of aryl methyl sites for hydroxylation is 2. The summed E-state index contributed by atoms with van der Waals surface area (Å²) in [4.78, 5) is 24.4. The van der Waals surface area contributed by atoms with E-state index in [1.165, 1.54) is 4.90 Å². The highest BCUT2D eigenvalue weighted by Gasteiger charge is 2.26. The molecule has 0 saturated carbocycles. The molecule has 0 bridgehead atoms. The van der Waals surface area contributed by atoms with Crippen molar-refractivity contribution in [3.8, 4) is 0 Å². The van der Waals surface area contributed by atoms with E-state index in [0.29, 0.717) is 11.4 Å². The molecular weight excluding hydrogens is 254 g/mol. The first-order valence-corrected chi connectivity index (χ1v) is 6.21. The van der Waals surface area contributed by atoms with Crippen LogP contribution in [0.2, 0.25) is 0 Å². The molecule has 0 fully saturated rings. The van der Waals surface area contributed by atoms with E-state index >= 15 is 0 Å². The Kier molecular flexibility index (Phi) is 3.84. The van der Waals surface area contributed by atoms with E-state index in [1.807, 2.05) is 38.1 Å². The molecular formula is C16H15NO3. The van der Waals surface area contributed by atoms with Gasteiger partial charge in [-0.15, -0.1) is 0 Å². The predicted molar refractivity (Wildman–Crippen MR) is 77.1 cm³/mol. The third kappa shape index (κ3) is 2.54. The number of carboxylic acids is 1. The van der Waals surface area contributed by atoms with Gasteiger partial charge in [0.15, 0.2) is 0 Å². The Morgan fingerprint density at radius 3 is 1.60 bits per heavy atom. The first-order chi connectivity index (χ1) is 9.52. The van der Waals surface area contributed by atoms with Gasteiger partial charge in [0, 0.05) is 0 Å². The second-order valence-electron chi connectivity index (χ2n) is 4.52. The quantitative estimate of drug-likeness (QED) is 0.852. The fourth-order valence-electron chi connectivity index (χ4n) is 2.07. The van der Waals surface area contributed by atoms with Crippen molar-refractivity contribution in [1.82, 2.24) is 0 Å². The van der Waals surface area contributed by atoms with Crippen LogP contribution >= 0.6 is 0 Å². The molecule has 0 unspecified atom stereocenters. The summed E-state index contributed by atoms with van der Waals surface area (Å²) in [6.07, 6.45) is 0. The van der Waals surface area contributed by atoms with E-state index in [1.54, 1.807) is 24.3 Å². The molecule has 0 radical (unpaired) electrons. The maximum atomic E-state index is 12.1. The van der Waals surface area contributed by atoms with Gasteiger partial charge in [-0.05, 0) is 37.1 Å². The number of carboxylic acid groups (broad SMARTS) is 1. The lowest BCUT2D eigenvalue weighted by Gasteiger charge is -2.24. The highest BCUT2D eigenvalue weighted by atomic mass is 16.4. The monoisotopic (exact) mass is 269 g/mol. The smallest absolute Gasteiger partial charge is 0.395 e. The minimum atomic E-state index is -1.48. The Morgan fingerprint density at radius 1 is 0.850 bits per heavy atom. The van der Waals surface area contributed by atoms with Crippen molar-refractivity contribution in [2.75, 3.05) is 4.90 Å². The zero-order chi connectivity index (χ0) is 14.7. The molecule has 2 aromatic rings. The number of amides is 1. The molecule has 102 valence electrons. The van der Waals surface area contributed by atoms with Crippen LogP contribution in [0.5, 0.6) is 0 Å². The molecule has 0 aliphatic rings. The highest BCUT2D eigenvalue weighted by molar-refractivity contribution is 6.39. The van der Waals surface area contributed by atoms with Gasteiger partial charge in [-0.3, -0.25) is 9.69 Å². The Hall–Kier alpha value is -2.62. The normalized spacial score (nSPS) is 10.1. The van der Waals surface area contributed by atoms with Crippen LogP contribution in [0.3, 0.4) is 0 Å². The van der Waals surface area contributed by atoms with Crippen LogP contribution in [0.1, 0.15) is 11.1 Å². The van der Waals surface area contributed by atoms with Crippen molar-refractivity contribution in [2.45, 2.75) is 13.8 Å². The molecule has 0 atom stereocenters. The molecule has 1 N–H and O–H groups in total. The van der Waals surface area contributed by atoms with Gasteiger partial charge in [-0.1, -0.05) is 36.4 Å². The topological polar surface area (TPSA) is 57.6 Å².